The highest BCUT2D eigenvalue weighted by molar-refractivity contribution is 5.80. The van der Waals surface area contributed by atoms with Gasteiger partial charge >= 0.3 is 0 Å². The van der Waals surface area contributed by atoms with Gasteiger partial charge in [-0.1, -0.05) is 30.3 Å². The Kier molecular flexibility index (Phi) is 3.33. The molecule has 0 spiro atoms. The molecule has 90 valence electrons. The summed E-state index contributed by atoms with van der Waals surface area (Å²) in [6.07, 6.45) is 0.487. The van der Waals surface area contributed by atoms with Crippen LogP contribution in [-0.4, -0.2) is 11.3 Å². The van der Waals surface area contributed by atoms with Crippen LogP contribution < -0.4 is 5.32 Å². The lowest BCUT2D eigenvalue weighted by Gasteiger charge is -2.05. The molecule has 0 fully saturated rings. The number of amides is 1. The first-order valence-corrected chi connectivity index (χ1v) is 5.26. The highest BCUT2D eigenvalue weighted by Gasteiger charge is 2.15. The number of anilines is 1. The van der Waals surface area contributed by atoms with Crippen molar-refractivity contribution >= 4 is 17.8 Å². The lowest BCUT2D eigenvalue weighted by atomic mass is 10.0. The van der Waals surface area contributed by atoms with Gasteiger partial charge in [-0.3, -0.25) is 14.9 Å². The predicted molar refractivity (Wildman–Crippen MR) is 68.2 cm³/mol. The summed E-state index contributed by atoms with van der Waals surface area (Å²) < 4.78 is 0. The minimum absolute atomic E-state index is 0.0342. The Bertz CT molecular complexity index is 582. The Hall–Kier alpha value is -2.69. The standard InChI is InChI=1S/C13H10N2O3/c16-9-14-11-6-7-12(13(8-11)15(17)18)10-4-2-1-3-5-10/h1-9H,(H,14,16). The topological polar surface area (TPSA) is 72.2 Å². The number of carbonyl (C=O) groups is 1. The van der Waals surface area contributed by atoms with Crippen LogP contribution in [0.5, 0.6) is 0 Å². The third-order valence-electron chi connectivity index (χ3n) is 2.50. The van der Waals surface area contributed by atoms with Crippen LogP contribution in [0.2, 0.25) is 0 Å². The second-order valence-corrected chi connectivity index (χ2v) is 3.62. The molecule has 0 saturated carbocycles. The molecule has 18 heavy (non-hydrogen) atoms. The molecule has 0 aromatic heterocycles. The second-order valence-electron chi connectivity index (χ2n) is 3.62. The summed E-state index contributed by atoms with van der Waals surface area (Å²) in [5.74, 6) is 0. The van der Waals surface area contributed by atoms with Gasteiger partial charge in [-0.25, -0.2) is 0 Å². The normalized spacial score (nSPS) is 9.78. The average molecular weight is 242 g/mol. The molecule has 2 aromatic rings. The second kappa shape index (κ2) is 5.09. The van der Waals surface area contributed by atoms with Crippen LogP contribution >= 0.6 is 0 Å². The number of rotatable bonds is 4. The Balaban J connectivity index is 2.54. The first-order valence-electron chi connectivity index (χ1n) is 5.26. The Morgan fingerprint density at radius 2 is 1.83 bits per heavy atom. The van der Waals surface area contributed by atoms with Gasteiger partial charge in [-0.2, -0.15) is 0 Å². The van der Waals surface area contributed by atoms with Gasteiger partial charge in [0.1, 0.15) is 0 Å². The van der Waals surface area contributed by atoms with E-state index in [4.69, 9.17) is 0 Å². The molecule has 0 saturated heterocycles. The lowest BCUT2D eigenvalue weighted by Crippen LogP contribution is -1.97. The summed E-state index contributed by atoms with van der Waals surface area (Å²) in [6, 6.07) is 13.7. The van der Waals surface area contributed by atoms with E-state index in [-0.39, 0.29) is 5.69 Å². The van der Waals surface area contributed by atoms with Crippen molar-refractivity contribution in [1.29, 1.82) is 0 Å². The first-order chi connectivity index (χ1) is 8.72. The van der Waals surface area contributed by atoms with E-state index in [1.165, 1.54) is 6.07 Å². The van der Waals surface area contributed by atoms with Crippen molar-refractivity contribution in [3.63, 3.8) is 0 Å². The number of benzene rings is 2. The minimum Gasteiger partial charge on any atom is -0.328 e. The Labute approximate surface area is 103 Å². The van der Waals surface area contributed by atoms with Gasteiger partial charge in [-0.05, 0) is 17.7 Å². The summed E-state index contributed by atoms with van der Waals surface area (Å²) >= 11 is 0. The first kappa shape index (κ1) is 11.8. The highest BCUT2D eigenvalue weighted by Crippen LogP contribution is 2.31. The van der Waals surface area contributed by atoms with Gasteiger partial charge < -0.3 is 5.32 Å². The smallest absolute Gasteiger partial charge is 0.279 e. The highest BCUT2D eigenvalue weighted by atomic mass is 16.6. The fourth-order valence-corrected chi connectivity index (χ4v) is 1.70. The zero-order chi connectivity index (χ0) is 13.0. The number of hydrogen-bond donors (Lipinski definition) is 1. The van der Waals surface area contributed by atoms with Crippen LogP contribution in [-0.2, 0) is 4.79 Å². The maximum Gasteiger partial charge on any atom is 0.279 e. The molecule has 0 aliphatic rings. The summed E-state index contributed by atoms with van der Waals surface area (Å²) in [7, 11) is 0. The largest absolute Gasteiger partial charge is 0.328 e. The monoisotopic (exact) mass is 242 g/mol. The predicted octanol–water partition coefficient (Wildman–Crippen LogP) is 2.83. The third-order valence-corrected chi connectivity index (χ3v) is 2.50. The Morgan fingerprint density at radius 1 is 1.11 bits per heavy atom. The maximum atomic E-state index is 11.0. The molecule has 0 heterocycles. The molecular weight excluding hydrogens is 232 g/mol. The van der Waals surface area contributed by atoms with Crippen LogP contribution in [0.4, 0.5) is 11.4 Å². The van der Waals surface area contributed by atoms with E-state index in [2.05, 4.69) is 5.32 Å². The molecule has 0 atom stereocenters. The minimum atomic E-state index is -0.460. The van der Waals surface area contributed by atoms with Crippen LogP contribution in [0.1, 0.15) is 0 Å². The van der Waals surface area contributed by atoms with Gasteiger partial charge in [0.25, 0.3) is 5.69 Å². The number of nitrogens with zero attached hydrogens (tertiary/aromatic N) is 1. The van der Waals surface area contributed by atoms with Crippen molar-refractivity contribution < 1.29 is 9.72 Å². The molecule has 1 N–H and O–H groups in total. The summed E-state index contributed by atoms with van der Waals surface area (Å²) in [6.45, 7) is 0. The van der Waals surface area contributed by atoms with Crippen molar-refractivity contribution in [2.75, 3.05) is 5.32 Å². The zero-order valence-corrected chi connectivity index (χ0v) is 9.37. The molecule has 2 rings (SSSR count). The van der Waals surface area contributed by atoms with E-state index < -0.39 is 4.92 Å². The molecular formula is C13H10N2O3. The van der Waals surface area contributed by atoms with Crippen LogP contribution in [0.15, 0.2) is 48.5 Å². The van der Waals surface area contributed by atoms with Crippen molar-refractivity contribution in [3.05, 3.63) is 58.6 Å². The van der Waals surface area contributed by atoms with Gasteiger partial charge in [0.2, 0.25) is 6.41 Å². The van der Waals surface area contributed by atoms with Gasteiger partial charge in [0.05, 0.1) is 10.5 Å². The summed E-state index contributed by atoms with van der Waals surface area (Å²) in [5.41, 5.74) is 1.66. The quantitative estimate of drug-likeness (QED) is 0.509. The van der Waals surface area contributed by atoms with Crippen LogP contribution in [0.25, 0.3) is 11.1 Å². The maximum absolute atomic E-state index is 11.0. The van der Waals surface area contributed by atoms with E-state index >= 15 is 0 Å². The van der Waals surface area contributed by atoms with Crippen LogP contribution in [0, 0.1) is 10.1 Å². The number of nitro benzene ring substituents is 1. The molecule has 1 amide bonds. The summed E-state index contributed by atoms with van der Waals surface area (Å²) in [5, 5.41) is 13.4. The third kappa shape index (κ3) is 2.35. The molecule has 0 radical (unpaired) electrons. The lowest BCUT2D eigenvalue weighted by molar-refractivity contribution is -0.384. The van der Waals surface area contributed by atoms with E-state index in [9.17, 15) is 14.9 Å². The molecule has 0 unspecified atom stereocenters. The van der Waals surface area contributed by atoms with Crippen LogP contribution in [0.3, 0.4) is 0 Å². The SMILES string of the molecule is O=CNc1ccc(-c2ccccc2)c([N+](=O)[O-])c1. The fourth-order valence-electron chi connectivity index (χ4n) is 1.70. The molecule has 0 aliphatic carbocycles. The van der Waals surface area contributed by atoms with Crippen molar-refractivity contribution in [2.24, 2.45) is 0 Å². The van der Waals surface area contributed by atoms with Gasteiger partial charge in [0.15, 0.2) is 0 Å². The Morgan fingerprint density at radius 3 is 2.44 bits per heavy atom. The molecule has 5 heteroatoms. The number of nitro groups is 1. The average Bonchev–Trinajstić information content (AvgIpc) is 2.40. The van der Waals surface area contributed by atoms with E-state index in [0.29, 0.717) is 17.7 Å². The molecule has 0 bridgehead atoms. The number of hydrogen-bond acceptors (Lipinski definition) is 3. The van der Waals surface area contributed by atoms with E-state index in [1.54, 1.807) is 24.3 Å². The molecule has 5 nitrogen and oxygen atoms in total. The van der Waals surface area contributed by atoms with Gasteiger partial charge in [0, 0.05) is 11.8 Å². The van der Waals surface area contributed by atoms with Crippen molar-refractivity contribution in [2.45, 2.75) is 0 Å². The number of carbonyl (C=O) groups excluding carboxylic acids is 1. The molecule has 2 aromatic carbocycles. The number of nitrogens with one attached hydrogen (secondary N) is 1. The zero-order valence-electron chi connectivity index (χ0n) is 9.37. The van der Waals surface area contributed by atoms with Crippen molar-refractivity contribution in [3.8, 4) is 11.1 Å². The molecule has 0 aliphatic heterocycles. The fraction of sp³-hybridized carbons (Fsp3) is 0. The van der Waals surface area contributed by atoms with Gasteiger partial charge in [-0.15, -0.1) is 0 Å². The van der Waals surface area contributed by atoms with Crippen molar-refractivity contribution in [1.82, 2.24) is 0 Å². The summed E-state index contributed by atoms with van der Waals surface area (Å²) in [4.78, 5) is 20.9. The van der Waals surface area contributed by atoms with E-state index in [1.807, 2.05) is 18.2 Å². The van der Waals surface area contributed by atoms with E-state index in [0.717, 1.165) is 5.56 Å².